The van der Waals surface area contributed by atoms with Gasteiger partial charge in [-0.1, -0.05) is 13.8 Å². The molecule has 0 aromatic carbocycles. The Balaban J connectivity index is 4.32. The summed E-state index contributed by atoms with van der Waals surface area (Å²) in [4.78, 5) is 14.1. The highest BCUT2D eigenvalue weighted by Gasteiger charge is 2.04. The summed E-state index contributed by atoms with van der Waals surface area (Å²) in [6.07, 6.45) is 0. The van der Waals surface area contributed by atoms with Gasteiger partial charge >= 0.3 is 0 Å². The first-order chi connectivity index (χ1) is 4.95. The van der Waals surface area contributed by atoms with Crippen LogP contribution in [0.3, 0.4) is 0 Å². The van der Waals surface area contributed by atoms with Crippen LogP contribution in [0.1, 0.15) is 20.8 Å². The standard InChI is InChI=1S/C7H13N3O/c1-4(2)6(8)10-7(9)5(3)11/h4H,1-3H3,(H3,8,9,10). The van der Waals surface area contributed by atoms with Gasteiger partial charge in [0.25, 0.3) is 0 Å². The molecule has 0 spiro atoms. The van der Waals surface area contributed by atoms with E-state index in [2.05, 4.69) is 4.99 Å². The lowest BCUT2D eigenvalue weighted by Crippen LogP contribution is -2.22. The van der Waals surface area contributed by atoms with E-state index in [1.165, 1.54) is 6.92 Å². The van der Waals surface area contributed by atoms with Crippen molar-refractivity contribution in [3.8, 4) is 0 Å². The van der Waals surface area contributed by atoms with Gasteiger partial charge in [0, 0.05) is 12.8 Å². The fraction of sp³-hybridized carbons (Fsp3) is 0.571. The van der Waals surface area contributed by atoms with E-state index in [0.29, 0.717) is 5.84 Å². The number of nitrogens with one attached hydrogen (secondary N) is 1. The van der Waals surface area contributed by atoms with Gasteiger partial charge in [0.2, 0.25) is 0 Å². The lowest BCUT2D eigenvalue weighted by Gasteiger charge is -2.01. The van der Waals surface area contributed by atoms with Gasteiger partial charge < -0.3 is 5.73 Å². The summed E-state index contributed by atoms with van der Waals surface area (Å²) in [6, 6.07) is 0. The summed E-state index contributed by atoms with van der Waals surface area (Å²) < 4.78 is 0. The van der Waals surface area contributed by atoms with Gasteiger partial charge in [0.1, 0.15) is 5.84 Å². The molecule has 0 fully saturated rings. The van der Waals surface area contributed by atoms with Crippen molar-refractivity contribution < 1.29 is 4.79 Å². The minimum Gasteiger partial charge on any atom is -0.387 e. The van der Waals surface area contributed by atoms with Crippen LogP contribution in [0.2, 0.25) is 0 Å². The Morgan fingerprint density at radius 1 is 1.55 bits per heavy atom. The molecule has 0 unspecified atom stereocenters. The monoisotopic (exact) mass is 155 g/mol. The normalized spacial score (nSPS) is 11.8. The van der Waals surface area contributed by atoms with Crippen LogP contribution in [0.15, 0.2) is 4.99 Å². The summed E-state index contributed by atoms with van der Waals surface area (Å²) >= 11 is 0. The molecule has 0 heterocycles. The number of rotatable bonds is 2. The van der Waals surface area contributed by atoms with Crippen LogP contribution in [0.4, 0.5) is 0 Å². The molecule has 3 N–H and O–H groups in total. The molecule has 0 rings (SSSR count). The number of hydrogen-bond acceptors (Lipinski definition) is 2. The van der Waals surface area contributed by atoms with Crippen molar-refractivity contribution in [2.45, 2.75) is 20.8 Å². The predicted octanol–water partition coefficient (Wildman–Crippen LogP) is 0.566. The highest BCUT2D eigenvalue weighted by atomic mass is 16.1. The first-order valence-electron chi connectivity index (χ1n) is 3.38. The van der Waals surface area contributed by atoms with Crippen molar-refractivity contribution in [3.63, 3.8) is 0 Å². The van der Waals surface area contributed by atoms with Gasteiger partial charge in [-0.3, -0.25) is 10.2 Å². The first-order valence-corrected chi connectivity index (χ1v) is 3.38. The lowest BCUT2D eigenvalue weighted by atomic mass is 10.2. The average molecular weight is 155 g/mol. The van der Waals surface area contributed by atoms with E-state index in [-0.39, 0.29) is 17.5 Å². The Bertz CT molecular complexity index is 206. The van der Waals surface area contributed by atoms with Gasteiger partial charge in [-0.2, -0.15) is 0 Å². The number of carbonyl (C=O) groups is 1. The van der Waals surface area contributed by atoms with Crippen LogP contribution < -0.4 is 5.73 Å². The molecule has 4 nitrogen and oxygen atoms in total. The summed E-state index contributed by atoms with van der Waals surface area (Å²) in [7, 11) is 0. The molecule has 0 saturated heterocycles. The minimum atomic E-state index is -0.367. The van der Waals surface area contributed by atoms with E-state index >= 15 is 0 Å². The second-order valence-electron chi connectivity index (χ2n) is 2.60. The van der Waals surface area contributed by atoms with Crippen molar-refractivity contribution >= 4 is 17.5 Å². The third-order valence-corrected chi connectivity index (χ3v) is 1.17. The molecule has 4 heteroatoms. The Labute approximate surface area is 66.0 Å². The molecular weight excluding hydrogens is 142 g/mol. The van der Waals surface area contributed by atoms with E-state index in [9.17, 15) is 4.79 Å². The Kier molecular flexibility index (Phi) is 3.44. The smallest absolute Gasteiger partial charge is 0.196 e. The van der Waals surface area contributed by atoms with Crippen LogP contribution in [0, 0.1) is 11.3 Å². The SMILES string of the molecule is CC(=O)C(=N)N=C(N)C(C)C. The third-order valence-electron chi connectivity index (χ3n) is 1.17. The number of aliphatic imine (C=N–C) groups is 1. The minimum absolute atomic E-state index is 0.0784. The molecule has 0 bridgehead atoms. The summed E-state index contributed by atoms with van der Waals surface area (Å²) in [5, 5.41) is 7.05. The number of nitrogens with two attached hydrogens (primary N) is 1. The molecule has 0 radical (unpaired) electrons. The predicted molar refractivity (Wildman–Crippen MR) is 44.9 cm³/mol. The van der Waals surface area contributed by atoms with Gasteiger partial charge in [0.15, 0.2) is 11.6 Å². The first kappa shape index (κ1) is 9.81. The molecule has 0 aliphatic rings. The number of amidine groups is 2. The second kappa shape index (κ2) is 3.85. The van der Waals surface area contributed by atoms with Crippen LogP contribution in [0.25, 0.3) is 0 Å². The fourth-order valence-electron chi connectivity index (χ4n) is 0.337. The van der Waals surface area contributed by atoms with Gasteiger partial charge in [-0.05, 0) is 0 Å². The molecule has 0 aliphatic heterocycles. The van der Waals surface area contributed by atoms with Crippen molar-refractivity contribution in [1.82, 2.24) is 0 Å². The summed E-state index contributed by atoms with van der Waals surface area (Å²) in [5.74, 6) is -0.246. The molecular formula is C7H13N3O. The van der Waals surface area contributed by atoms with E-state index in [0.717, 1.165) is 0 Å². The van der Waals surface area contributed by atoms with Gasteiger partial charge in [-0.15, -0.1) is 0 Å². The topological polar surface area (TPSA) is 79.3 Å². The molecule has 11 heavy (non-hydrogen) atoms. The molecule has 0 aromatic rings. The lowest BCUT2D eigenvalue weighted by molar-refractivity contribution is -0.111. The zero-order valence-corrected chi connectivity index (χ0v) is 7.01. The Morgan fingerprint density at radius 2 is 2.00 bits per heavy atom. The van der Waals surface area contributed by atoms with Crippen LogP contribution in [-0.4, -0.2) is 17.5 Å². The second-order valence-corrected chi connectivity index (χ2v) is 2.60. The maximum Gasteiger partial charge on any atom is 0.196 e. The maximum atomic E-state index is 10.5. The number of carbonyl (C=O) groups excluding carboxylic acids is 1. The third kappa shape index (κ3) is 3.50. The zero-order chi connectivity index (χ0) is 9.02. The number of hydrogen-bond donors (Lipinski definition) is 2. The molecule has 62 valence electrons. The maximum absolute atomic E-state index is 10.5. The van der Waals surface area contributed by atoms with E-state index in [1.54, 1.807) is 0 Å². The van der Waals surface area contributed by atoms with E-state index in [1.807, 2.05) is 13.8 Å². The van der Waals surface area contributed by atoms with E-state index in [4.69, 9.17) is 11.1 Å². The number of nitrogens with zero attached hydrogens (tertiary/aromatic N) is 1. The van der Waals surface area contributed by atoms with Gasteiger partial charge in [0.05, 0.1) is 0 Å². The zero-order valence-electron chi connectivity index (χ0n) is 7.01. The number of ketones is 1. The number of Topliss-reactive ketones (excluding diaryl/α,β-unsaturated/α-hetero) is 1. The highest BCUT2D eigenvalue weighted by Crippen LogP contribution is 1.92. The van der Waals surface area contributed by atoms with Crippen LogP contribution >= 0.6 is 0 Å². The molecule has 0 aromatic heterocycles. The fourth-order valence-corrected chi connectivity index (χ4v) is 0.337. The Hall–Kier alpha value is -1.19. The van der Waals surface area contributed by atoms with Crippen LogP contribution in [0.5, 0.6) is 0 Å². The van der Waals surface area contributed by atoms with Crippen molar-refractivity contribution in [2.75, 3.05) is 0 Å². The quantitative estimate of drug-likeness (QED) is 0.451. The molecule has 0 atom stereocenters. The largest absolute Gasteiger partial charge is 0.387 e. The van der Waals surface area contributed by atoms with Crippen molar-refractivity contribution in [3.05, 3.63) is 0 Å². The summed E-state index contributed by atoms with van der Waals surface area (Å²) in [6.45, 7) is 5.00. The van der Waals surface area contributed by atoms with E-state index < -0.39 is 0 Å². The molecule has 0 saturated carbocycles. The van der Waals surface area contributed by atoms with Crippen molar-refractivity contribution in [1.29, 1.82) is 5.41 Å². The van der Waals surface area contributed by atoms with Gasteiger partial charge in [-0.25, -0.2) is 4.99 Å². The Morgan fingerprint density at radius 3 is 2.27 bits per heavy atom. The summed E-state index contributed by atoms with van der Waals surface area (Å²) in [5.41, 5.74) is 5.41. The average Bonchev–Trinajstić information content (AvgIpc) is 1.87. The highest BCUT2D eigenvalue weighted by molar-refractivity contribution is 6.38. The molecule has 0 aliphatic carbocycles. The molecule has 0 amide bonds. The van der Waals surface area contributed by atoms with Crippen LogP contribution in [-0.2, 0) is 4.79 Å². The van der Waals surface area contributed by atoms with Crippen molar-refractivity contribution in [2.24, 2.45) is 16.6 Å².